The zero-order valence-corrected chi connectivity index (χ0v) is 16.9. The van der Waals surface area contributed by atoms with Crippen LogP contribution in [0, 0.1) is 0 Å². The maximum absolute atomic E-state index is 6.22. The maximum Gasteiger partial charge on any atom is 0.225 e. The quantitative estimate of drug-likeness (QED) is 0.784. The van der Waals surface area contributed by atoms with Gasteiger partial charge in [0.05, 0.1) is 31.8 Å². The van der Waals surface area contributed by atoms with E-state index in [1.807, 2.05) is 0 Å². The summed E-state index contributed by atoms with van der Waals surface area (Å²) in [7, 11) is 0. The zero-order chi connectivity index (χ0) is 18.2. The van der Waals surface area contributed by atoms with E-state index in [4.69, 9.17) is 21.1 Å². The fourth-order valence-electron chi connectivity index (χ4n) is 4.62. The molecule has 2 aliphatic heterocycles. The van der Waals surface area contributed by atoms with Gasteiger partial charge in [-0.25, -0.2) is 9.97 Å². The van der Waals surface area contributed by atoms with Crippen molar-refractivity contribution in [3.63, 3.8) is 0 Å². The van der Waals surface area contributed by atoms with E-state index in [1.165, 1.54) is 36.1 Å². The van der Waals surface area contributed by atoms with Crippen molar-refractivity contribution in [1.29, 1.82) is 0 Å². The molecular formula is C19H25ClN4O2S. The number of nitrogens with one attached hydrogen (secondary N) is 1. The largest absolute Gasteiger partial charge is 0.379 e. The summed E-state index contributed by atoms with van der Waals surface area (Å²) in [5.41, 5.74) is 1.35. The Hall–Kier alpha value is -0.990. The zero-order valence-electron chi connectivity index (χ0n) is 15.4. The molecule has 0 amide bonds. The van der Waals surface area contributed by atoms with Crippen LogP contribution in [0.1, 0.15) is 36.1 Å². The molecule has 2 fully saturated rings. The molecule has 0 radical (unpaired) electrons. The molecule has 0 spiro atoms. The summed E-state index contributed by atoms with van der Waals surface area (Å²) in [4.78, 5) is 13.9. The predicted octanol–water partition coefficient (Wildman–Crippen LogP) is 3.47. The van der Waals surface area contributed by atoms with Gasteiger partial charge in [-0.15, -0.1) is 11.3 Å². The van der Waals surface area contributed by atoms with Crippen LogP contribution < -0.4 is 5.32 Å². The normalized spacial score (nSPS) is 26.9. The van der Waals surface area contributed by atoms with Crippen LogP contribution in [-0.2, 0) is 22.5 Å². The molecule has 27 heavy (non-hydrogen) atoms. The van der Waals surface area contributed by atoms with E-state index < -0.39 is 0 Å². The lowest BCUT2D eigenvalue weighted by Gasteiger charge is -2.39. The number of hydrogen-bond donors (Lipinski definition) is 1. The molecule has 8 heteroatoms. The highest BCUT2D eigenvalue weighted by Gasteiger charge is 2.28. The third-order valence-corrected chi connectivity index (χ3v) is 7.30. The Balaban J connectivity index is 1.32. The highest BCUT2D eigenvalue weighted by Crippen LogP contribution is 2.38. The lowest BCUT2D eigenvalue weighted by Crippen LogP contribution is -2.46. The van der Waals surface area contributed by atoms with Gasteiger partial charge < -0.3 is 14.8 Å². The summed E-state index contributed by atoms with van der Waals surface area (Å²) in [5, 5.41) is 5.20. The molecule has 1 saturated heterocycles. The standard InChI is InChI=1S/C19H25ClN4O2S/c20-19-22-17(16-14-5-8-26-11-15(14)27-18(16)23-19)21-12-1-3-13(4-2-12)24-6-9-25-10-7-24/h12-13H,1-11H2,(H,21,22,23). The van der Waals surface area contributed by atoms with Gasteiger partial charge in [0.25, 0.3) is 0 Å². The van der Waals surface area contributed by atoms with Gasteiger partial charge in [-0.3, -0.25) is 4.90 Å². The van der Waals surface area contributed by atoms with Gasteiger partial charge >= 0.3 is 0 Å². The summed E-state index contributed by atoms with van der Waals surface area (Å²) >= 11 is 7.91. The van der Waals surface area contributed by atoms with Crippen molar-refractivity contribution in [2.75, 3.05) is 38.2 Å². The van der Waals surface area contributed by atoms with Crippen LogP contribution in [0.3, 0.4) is 0 Å². The molecule has 2 aromatic heterocycles. The van der Waals surface area contributed by atoms with Crippen LogP contribution in [-0.4, -0.2) is 59.9 Å². The lowest BCUT2D eigenvalue weighted by atomic mass is 9.90. The molecule has 3 aliphatic rings. The van der Waals surface area contributed by atoms with Crippen molar-refractivity contribution >= 4 is 39.0 Å². The molecule has 1 N–H and O–H groups in total. The first-order chi connectivity index (χ1) is 13.3. The summed E-state index contributed by atoms with van der Waals surface area (Å²) in [6.07, 6.45) is 5.73. The second-order valence-corrected chi connectivity index (χ2v) is 9.05. The second kappa shape index (κ2) is 7.79. The third-order valence-electron chi connectivity index (χ3n) is 6.04. The minimum atomic E-state index is 0.325. The number of hydrogen-bond acceptors (Lipinski definition) is 7. The van der Waals surface area contributed by atoms with E-state index >= 15 is 0 Å². The summed E-state index contributed by atoms with van der Waals surface area (Å²) in [6.45, 7) is 5.36. The highest BCUT2D eigenvalue weighted by molar-refractivity contribution is 7.19. The molecule has 0 unspecified atom stereocenters. The van der Waals surface area contributed by atoms with Crippen molar-refractivity contribution < 1.29 is 9.47 Å². The van der Waals surface area contributed by atoms with Crippen LogP contribution in [0.25, 0.3) is 10.2 Å². The first kappa shape index (κ1) is 18.1. The smallest absolute Gasteiger partial charge is 0.225 e. The summed E-state index contributed by atoms with van der Waals surface area (Å²) in [6, 6.07) is 1.15. The van der Waals surface area contributed by atoms with E-state index in [0.29, 0.717) is 24.0 Å². The number of halogens is 1. The van der Waals surface area contributed by atoms with Crippen molar-refractivity contribution in [3.8, 4) is 0 Å². The Morgan fingerprint density at radius 2 is 1.85 bits per heavy atom. The molecule has 1 saturated carbocycles. The minimum absolute atomic E-state index is 0.325. The topological polar surface area (TPSA) is 59.5 Å². The van der Waals surface area contributed by atoms with Gasteiger partial charge in [-0.05, 0) is 49.3 Å². The Bertz CT molecular complexity index is 816. The molecule has 1 aliphatic carbocycles. The van der Waals surface area contributed by atoms with Crippen LogP contribution in [0.2, 0.25) is 5.28 Å². The Morgan fingerprint density at radius 3 is 2.67 bits per heavy atom. The summed E-state index contributed by atoms with van der Waals surface area (Å²) in [5.74, 6) is 0.916. The first-order valence-corrected chi connectivity index (χ1v) is 11.1. The van der Waals surface area contributed by atoms with Gasteiger partial charge in [0.1, 0.15) is 10.6 Å². The third kappa shape index (κ3) is 3.68. The van der Waals surface area contributed by atoms with Crippen molar-refractivity contribution in [2.24, 2.45) is 0 Å². The number of ether oxygens (including phenoxy) is 2. The maximum atomic E-state index is 6.22. The van der Waals surface area contributed by atoms with E-state index in [0.717, 1.165) is 55.4 Å². The number of rotatable bonds is 3. The molecule has 4 heterocycles. The highest BCUT2D eigenvalue weighted by atomic mass is 35.5. The number of nitrogens with zero attached hydrogens (tertiary/aromatic N) is 3. The molecule has 0 atom stereocenters. The number of thiophene rings is 1. The Morgan fingerprint density at radius 1 is 1.04 bits per heavy atom. The van der Waals surface area contributed by atoms with Gasteiger partial charge in [0.15, 0.2) is 0 Å². The van der Waals surface area contributed by atoms with Crippen LogP contribution in [0.5, 0.6) is 0 Å². The number of fused-ring (bicyclic) bond motifs is 3. The van der Waals surface area contributed by atoms with E-state index in [9.17, 15) is 0 Å². The molecule has 6 nitrogen and oxygen atoms in total. The molecular weight excluding hydrogens is 384 g/mol. The number of anilines is 1. The SMILES string of the molecule is Clc1nc(NC2CCC(N3CCOCC3)CC2)c2c3c(sc2n1)COCC3. The van der Waals surface area contributed by atoms with E-state index in [-0.39, 0.29) is 0 Å². The van der Waals surface area contributed by atoms with Crippen molar-refractivity contribution in [1.82, 2.24) is 14.9 Å². The molecule has 5 rings (SSSR count). The van der Waals surface area contributed by atoms with Gasteiger partial charge in [0.2, 0.25) is 5.28 Å². The predicted molar refractivity (Wildman–Crippen MR) is 108 cm³/mol. The first-order valence-electron chi connectivity index (χ1n) is 9.92. The van der Waals surface area contributed by atoms with Gasteiger partial charge in [-0.2, -0.15) is 0 Å². The minimum Gasteiger partial charge on any atom is -0.379 e. The Labute approximate surface area is 168 Å². The average molecular weight is 409 g/mol. The Kier molecular flexibility index (Phi) is 5.21. The number of aromatic nitrogens is 2. The van der Waals surface area contributed by atoms with Gasteiger partial charge in [-0.1, -0.05) is 0 Å². The van der Waals surface area contributed by atoms with Crippen molar-refractivity contribution in [2.45, 2.75) is 50.8 Å². The molecule has 2 aromatic rings. The van der Waals surface area contributed by atoms with Crippen LogP contribution in [0.15, 0.2) is 0 Å². The van der Waals surface area contributed by atoms with Gasteiger partial charge in [0, 0.05) is 30.1 Å². The van der Waals surface area contributed by atoms with Crippen molar-refractivity contribution in [3.05, 3.63) is 15.7 Å². The average Bonchev–Trinajstić information content (AvgIpc) is 3.07. The number of morpholine rings is 1. The van der Waals surface area contributed by atoms with E-state index in [1.54, 1.807) is 11.3 Å². The monoisotopic (exact) mass is 408 g/mol. The molecule has 0 bridgehead atoms. The van der Waals surface area contributed by atoms with E-state index in [2.05, 4.69) is 20.2 Å². The lowest BCUT2D eigenvalue weighted by molar-refractivity contribution is 0.00791. The fourth-order valence-corrected chi connectivity index (χ4v) is 6.00. The van der Waals surface area contributed by atoms with Crippen LogP contribution in [0.4, 0.5) is 5.82 Å². The molecule has 146 valence electrons. The summed E-state index contributed by atoms with van der Waals surface area (Å²) < 4.78 is 11.1. The second-order valence-electron chi connectivity index (χ2n) is 7.63. The van der Waals surface area contributed by atoms with Crippen LogP contribution >= 0.6 is 22.9 Å². The fraction of sp³-hybridized carbons (Fsp3) is 0.684. The molecule has 0 aromatic carbocycles.